The molecule has 5 nitrogen and oxygen atoms in total. The summed E-state index contributed by atoms with van der Waals surface area (Å²) < 4.78 is 0. The van der Waals surface area contributed by atoms with Gasteiger partial charge in [-0.25, -0.2) is 0 Å². The zero-order chi connectivity index (χ0) is 13.7. The minimum atomic E-state index is -0.0619. The fourth-order valence-electron chi connectivity index (χ4n) is 1.94. The molecule has 6 heteroatoms. The number of nitrogens with zero attached hydrogens (tertiary/aromatic N) is 1. The second-order valence-corrected chi connectivity index (χ2v) is 4.94. The lowest BCUT2D eigenvalue weighted by atomic mass is 10.2. The standard InChI is InChI=1S/C13H18ClN3O2/c14-10-4-5-11(15)12(9-10)16-13(18)3-1-6-17-7-2-8-19-17/h4-5,9H,1-3,6-8,15H2,(H,16,18). The second kappa shape index (κ2) is 6.75. The molecule has 104 valence electrons. The van der Waals surface area contributed by atoms with E-state index in [0.29, 0.717) is 22.8 Å². The van der Waals surface area contributed by atoms with E-state index in [1.165, 1.54) is 0 Å². The van der Waals surface area contributed by atoms with Crippen LogP contribution >= 0.6 is 11.6 Å². The number of nitrogens with one attached hydrogen (secondary N) is 1. The Bertz CT molecular complexity index is 448. The maximum absolute atomic E-state index is 11.8. The molecule has 1 amide bonds. The van der Waals surface area contributed by atoms with Crippen LogP contribution in [0, 0.1) is 0 Å². The average Bonchev–Trinajstić information content (AvgIpc) is 2.87. The van der Waals surface area contributed by atoms with Crippen molar-refractivity contribution < 1.29 is 9.63 Å². The monoisotopic (exact) mass is 283 g/mol. The predicted molar refractivity (Wildman–Crippen MR) is 75.9 cm³/mol. The maximum atomic E-state index is 11.8. The van der Waals surface area contributed by atoms with E-state index in [9.17, 15) is 4.79 Å². The molecule has 2 rings (SSSR count). The van der Waals surface area contributed by atoms with E-state index in [4.69, 9.17) is 22.2 Å². The molecule has 1 aromatic carbocycles. The van der Waals surface area contributed by atoms with Crippen molar-refractivity contribution in [3.63, 3.8) is 0 Å². The number of nitrogens with two attached hydrogens (primary N) is 1. The molecule has 0 bridgehead atoms. The summed E-state index contributed by atoms with van der Waals surface area (Å²) in [6.45, 7) is 2.51. The third kappa shape index (κ3) is 4.38. The number of carbonyl (C=O) groups excluding carboxylic acids is 1. The lowest BCUT2D eigenvalue weighted by Crippen LogP contribution is -2.21. The van der Waals surface area contributed by atoms with Gasteiger partial charge in [-0.15, -0.1) is 0 Å². The quantitative estimate of drug-likeness (QED) is 0.814. The number of hydroxylamine groups is 2. The fourth-order valence-corrected chi connectivity index (χ4v) is 2.11. The highest BCUT2D eigenvalue weighted by atomic mass is 35.5. The van der Waals surface area contributed by atoms with Crippen molar-refractivity contribution in [2.45, 2.75) is 19.3 Å². The molecule has 3 N–H and O–H groups in total. The Morgan fingerprint density at radius 2 is 2.37 bits per heavy atom. The molecule has 1 saturated heterocycles. The summed E-state index contributed by atoms with van der Waals surface area (Å²) in [4.78, 5) is 17.1. The zero-order valence-electron chi connectivity index (χ0n) is 10.7. The number of benzene rings is 1. The summed E-state index contributed by atoms with van der Waals surface area (Å²) >= 11 is 5.86. The average molecular weight is 284 g/mol. The van der Waals surface area contributed by atoms with Crippen LogP contribution in [-0.4, -0.2) is 30.7 Å². The number of nitrogen functional groups attached to an aromatic ring is 1. The van der Waals surface area contributed by atoms with E-state index in [1.807, 2.05) is 5.06 Å². The Morgan fingerprint density at radius 3 is 3.11 bits per heavy atom. The fraction of sp³-hybridized carbons (Fsp3) is 0.462. The van der Waals surface area contributed by atoms with E-state index in [2.05, 4.69) is 5.32 Å². The summed E-state index contributed by atoms with van der Waals surface area (Å²) in [6, 6.07) is 5.02. The highest BCUT2D eigenvalue weighted by molar-refractivity contribution is 6.31. The largest absolute Gasteiger partial charge is 0.397 e. The van der Waals surface area contributed by atoms with Gasteiger partial charge >= 0.3 is 0 Å². The maximum Gasteiger partial charge on any atom is 0.224 e. The van der Waals surface area contributed by atoms with Crippen molar-refractivity contribution in [2.24, 2.45) is 0 Å². The van der Waals surface area contributed by atoms with Gasteiger partial charge in [0.05, 0.1) is 18.0 Å². The Morgan fingerprint density at radius 1 is 1.53 bits per heavy atom. The van der Waals surface area contributed by atoms with Crippen LogP contribution in [0.25, 0.3) is 0 Å². The molecule has 0 aromatic heterocycles. The van der Waals surface area contributed by atoms with Crippen LogP contribution in [0.4, 0.5) is 11.4 Å². The normalized spacial score (nSPS) is 15.6. The highest BCUT2D eigenvalue weighted by Gasteiger charge is 2.12. The topological polar surface area (TPSA) is 67.6 Å². The summed E-state index contributed by atoms with van der Waals surface area (Å²) in [7, 11) is 0. The van der Waals surface area contributed by atoms with Crippen molar-refractivity contribution in [3.8, 4) is 0 Å². The molecule has 1 fully saturated rings. The van der Waals surface area contributed by atoms with Crippen molar-refractivity contribution >= 4 is 28.9 Å². The smallest absolute Gasteiger partial charge is 0.224 e. The minimum absolute atomic E-state index is 0.0619. The molecule has 0 atom stereocenters. The van der Waals surface area contributed by atoms with Crippen LogP contribution in [0.5, 0.6) is 0 Å². The molecule has 0 aliphatic carbocycles. The first-order valence-corrected chi connectivity index (χ1v) is 6.76. The van der Waals surface area contributed by atoms with Crippen molar-refractivity contribution in [1.29, 1.82) is 0 Å². The van der Waals surface area contributed by atoms with Crippen molar-refractivity contribution in [3.05, 3.63) is 23.2 Å². The van der Waals surface area contributed by atoms with Gasteiger partial charge in [0.15, 0.2) is 0 Å². The number of carbonyl (C=O) groups is 1. The third-order valence-electron chi connectivity index (χ3n) is 2.93. The molecule has 1 aliphatic rings. The SMILES string of the molecule is Nc1ccc(Cl)cc1NC(=O)CCCN1CCCO1. The number of hydrogen-bond acceptors (Lipinski definition) is 4. The van der Waals surface area contributed by atoms with Gasteiger partial charge in [0.2, 0.25) is 5.91 Å². The molecule has 19 heavy (non-hydrogen) atoms. The van der Waals surface area contributed by atoms with E-state index in [-0.39, 0.29) is 5.91 Å². The first-order valence-electron chi connectivity index (χ1n) is 6.38. The van der Waals surface area contributed by atoms with E-state index < -0.39 is 0 Å². The summed E-state index contributed by atoms with van der Waals surface area (Å²) in [5.74, 6) is -0.0619. The van der Waals surface area contributed by atoms with Gasteiger partial charge < -0.3 is 11.1 Å². The first-order chi connectivity index (χ1) is 9.15. The van der Waals surface area contributed by atoms with Crippen LogP contribution in [0.3, 0.4) is 0 Å². The molecule has 1 aliphatic heterocycles. The summed E-state index contributed by atoms with van der Waals surface area (Å²) in [5.41, 5.74) is 6.84. The molecule has 1 heterocycles. The Labute approximate surface area is 117 Å². The molecular weight excluding hydrogens is 266 g/mol. The second-order valence-electron chi connectivity index (χ2n) is 4.50. The molecule has 0 spiro atoms. The minimum Gasteiger partial charge on any atom is -0.397 e. The molecule has 0 unspecified atom stereocenters. The lowest BCUT2D eigenvalue weighted by Gasteiger charge is -2.13. The van der Waals surface area contributed by atoms with Gasteiger partial charge in [0.1, 0.15) is 0 Å². The molecular formula is C13H18ClN3O2. The van der Waals surface area contributed by atoms with Crippen molar-refractivity contribution in [1.82, 2.24) is 5.06 Å². The Hall–Kier alpha value is -1.30. The van der Waals surface area contributed by atoms with E-state index in [0.717, 1.165) is 32.5 Å². The van der Waals surface area contributed by atoms with Crippen LogP contribution in [0.1, 0.15) is 19.3 Å². The summed E-state index contributed by atoms with van der Waals surface area (Å²) in [5, 5.41) is 5.22. The number of halogens is 1. The Balaban J connectivity index is 1.75. The zero-order valence-corrected chi connectivity index (χ0v) is 11.4. The first kappa shape index (κ1) is 14.1. The molecule has 0 radical (unpaired) electrons. The van der Waals surface area contributed by atoms with Crippen LogP contribution in [0.2, 0.25) is 5.02 Å². The van der Waals surface area contributed by atoms with Gasteiger partial charge in [-0.3, -0.25) is 9.63 Å². The number of anilines is 2. The molecule has 1 aromatic rings. The van der Waals surface area contributed by atoms with Gasteiger partial charge in [-0.2, -0.15) is 5.06 Å². The highest BCUT2D eigenvalue weighted by Crippen LogP contribution is 2.23. The van der Waals surface area contributed by atoms with Gasteiger partial charge in [0, 0.05) is 24.5 Å². The molecule has 0 saturated carbocycles. The predicted octanol–water partition coefficient (Wildman–Crippen LogP) is 2.28. The van der Waals surface area contributed by atoms with Gasteiger partial charge in [0.25, 0.3) is 0 Å². The van der Waals surface area contributed by atoms with Crippen LogP contribution in [0.15, 0.2) is 18.2 Å². The van der Waals surface area contributed by atoms with Gasteiger partial charge in [-0.1, -0.05) is 11.6 Å². The Kier molecular flexibility index (Phi) is 5.01. The van der Waals surface area contributed by atoms with Crippen molar-refractivity contribution in [2.75, 3.05) is 30.7 Å². The number of rotatable bonds is 5. The number of amides is 1. The van der Waals surface area contributed by atoms with Crippen LogP contribution < -0.4 is 11.1 Å². The van der Waals surface area contributed by atoms with E-state index >= 15 is 0 Å². The van der Waals surface area contributed by atoms with E-state index in [1.54, 1.807) is 18.2 Å². The third-order valence-corrected chi connectivity index (χ3v) is 3.16. The number of hydrogen-bond donors (Lipinski definition) is 2. The van der Waals surface area contributed by atoms with Gasteiger partial charge in [-0.05, 0) is 31.0 Å². The summed E-state index contributed by atoms with van der Waals surface area (Å²) in [6.07, 6.45) is 2.25. The lowest BCUT2D eigenvalue weighted by molar-refractivity contribution is -0.120. The van der Waals surface area contributed by atoms with Crippen LogP contribution in [-0.2, 0) is 9.63 Å².